The molecule has 4 aromatic rings. The number of amides is 2. The van der Waals surface area contributed by atoms with Gasteiger partial charge in [0.15, 0.2) is 5.82 Å². The number of hydrogen-bond donors (Lipinski definition) is 2. The Morgan fingerprint density at radius 3 is 2.31 bits per heavy atom. The summed E-state index contributed by atoms with van der Waals surface area (Å²) in [5.41, 5.74) is -1.99. The molecule has 0 radical (unpaired) electrons. The minimum absolute atomic E-state index is 0.0287. The smallest absolute Gasteiger partial charge is 0.356 e. The number of aromatic nitrogens is 3. The van der Waals surface area contributed by atoms with Gasteiger partial charge in [0.05, 0.1) is 16.1 Å². The molecule has 1 aliphatic heterocycles. The lowest BCUT2D eigenvalue weighted by Gasteiger charge is -2.33. The van der Waals surface area contributed by atoms with E-state index in [1.54, 1.807) is 18.2 Å². The highest BCUT2D eigenvalue weighted by Crippen LogP contribution is 2.57. The van der Waals surface area contributed by atoms with E-state index < -0.39 is 35.3 Å². The number of pyridine rings is 1. The lowest BCUT2D eigenvalue weighted by molar-refractivity contribution is -0.192. The number of nitrogens with one attached hydrogen (secondary N) is 2. The molecule has 6 rings (SSSR count). The van der Waals surface area contributed by atoms with E-state index in [4.69, 9.17) is 11.6 Å². The van der Waals surface area contributed by atoms with Crippen LogP contribution in [-0.4, -0.2) is 46.0 Å². The van der Waals surface area contributed by atoms with Crippen LogP contribution in [0.5, 0.6) is 0 Å². The minimum atomic E-state index is -4.64. The number of alkyl halides is 6. The third-order valence-electron chi connectivity index (χ3n) is 7.86. The van der Waals surface area contributed by atoms with Gasteiger partial charge in [-0.2, -0.15) is 26.3 Å². The van der Waals surface area contributed by atoms with Crippen LogP contribution in [0, 0.1) is 5.41 Å². The van der Waals surface area contributed by atoms with E-state index in [2.05, 4.69) is 25.6 Å². The summed E-state index contributed by atoms with van der Waals surface area (Å²) in [7, 11) is 0. The number of fused-ring (bicyclic) bond motifs is 1. The molecule has 1 saturated heterocycles. The summed E-state index contributed by atoms with van der Waals surface area (Å²) < 4.78 is 78.9. The van der Waals surface area contributed by atoms with Crippen LogP contribution in [0.2, 0.25) is 5.02 Å². The monoisotopic (exact) mass is 648 g/mol. The molecule has 2 aromatic heterocycles. The Balaban J connectivity index is 1.24. The van der Waals surface area contributed by atoms with Crippen molar-refractivity contribution < 1.29 is 35.9 Å². The fraction of sp³-hybridized carbons (Fsp3) is 0.300. The molecular weight excluding hydrogens is 626 g/mol. The van der Waals surface area contributed by atoms with E-state index in [9.17, 15) is 35.9 Å². The molecule has 2 fully saturated rings. The molecule has 0 unspecified atom stereocenters. The second-order valence-electron chi connectivity index (χ2n) is 10.9. The maximum absolute atomic E-state index is 13.3. The van der Waals surface area contributed by atoms with Crippen molar-refractivity contribution in [3.8, 4) is 11.4 Å². The highest BCUT2D eigenvalue weighted by atomic mass is 35.5. The number of carbonyl (C=O) groups is 2. The number of halogens is 7. The van der Waals surface area contributed by atoms with Crippen LogP contribution in [0.25, 0.3) is 22.3 Å². The molecule has 2 amide bonds. The van der Waals surface area contributed by atoms with E-state index >= 15 is 0 Å². The van der Waals surface area contributed by atoms with E-state index in [1.807, 2.05) is 4.90 Å². The first-order valence-electron chi connectivity index (χ1n) is 13.8. The molecule has 1 aliphatic carbocycles. The van der Waals surface area contributed by atoms with Gasteiger partial charge in [-0.15, -0.1) is 0 Å². The van der Waals surface area contributed by atoms with Crippen LogP contribution in [0.3, 0.4) is 0 Å². The van der Waals surface area contributed by atoms with Gasteiger partial charge < -0.3 is 15.5 Å². The van der Waals surface area contributed by atoms with Crippen LogP contribution in [0.15, 0.2) is 54.7 Å². The Labute approximate surface area is 256 Å². The second kappa shape index (κ2) is 11.2. The van der Waals surface area contributed by atoms with E-state index in [0.717, 1.165) is 31.8 Å². The number of anilines is 2. The van der Waals surface area contributed by atoms with E-state index in [-0.39, 0.29) is 41.4 Å². The Kier molecular flexibility index (Phi) is 7.58. The summed E-state index contributed by atoms with van der Waals surface area (Å²) in [6, 6.07) is 11.3. The van der Waals surface area contributed by atoms with Crippen LogP contribution in [0.4, 0.5) is 37.8 Å². The van der Waals surface area contributed by atoms with Crippen LogP contribution >= 0.6 is 11.6 Å². The first-order chi connectivity index (χ1) is 21.2. The number of hydrogen-bond acceptors (Lipinski definition) is 6. The van der Waals surface area contributed by atoms with Crippen molar-refractivity contribution in [3.05, 3.63) is 76.6 Å². The number of carbonyl (C=O) groups excluding carboxylic acids is 2. The third kappa shape index (κ3) is 5.98. The summed E-state index contributed by atoms with van der Waals surface area (Å²) in [6.45, 7) is 1.24. The molecule has 15 heteroatoms. The van der Waals surface area contributed by atoms with Gasteiger partial charge in [0, 0.05) is 42.5 Å². The van der Waals surface area contributed by atoms with Gasteiger partial charge in [-0.3, -0.25) is 14.6 Å². The normalized spacial score (nSPS) is 15.8. The lowest BCUT2D eigenvalue weighted by atomic mass is 10.1. The molecule has 0 bridgehead atoms. The Morgan fingerprint density at radius 1 is 0.956 bits per heavy atom. The molecule has 2 aliphatic rings. The Morgan fingerprint density at radius 2 is 1.71 bits per heavy atom. The predicted molar refractivity (Wildman–Crippen MR) is 154 cm³/mol. The fourth-order valence-corrected chi connectivity index (χ4v) is 5.16. The van der Waals surface area contributed by atoms with Gasteiger partial charge in [-0.1, -0.05) is 17.7 Å². The maximum atomic E-state index is 13.3. The lowest BCUT2D eigenvalue weighted by Crippen LogP contribution is -2.40. The van der Waals surface area contributed by atoms with Crippen molar-refractivity contribution in [1.29, 1.82) is 0 Å². The molecule has 0 spiro atoms. The summed E-state index contributed by atoms with van der Waals surface area (Å²) in [5, 5.41) is 5.78. The third-order valence-corrected chi connectivity index (χ3v) is 8.19. The van der Waals surface area contributed by atoms with Gasteiger partial charge in [0.2, 0.25) is 5.91 Å². The summed E-state index contributed by atoms with van der Waals surface area (Å²) in [5.74, 6) is -0.982. The van der Waals surface area contributed by atoms with Crippen LogP contribution in [-0.2, 0) is 17.5 Å². The van der Waals surface area contributed by atoms with Gasteiger partial charge in [0.1, 0.15) is 16.9 Å². The highest BCUT2D eigenvalue weighted by molar-refractivity contribution is 6.34. The molecule has 0 atom stereocenters. The SMILES string of the molecule is O=C(Nc1ccc2c(N3CCC3)nc(-c3ccc(C(F)(F)F)nc3)nc2c1)c1cc(CNC(=O)C2(C(F)(F)F)CC2)ccc1Cl. The molecule has 2 aromatic carbocycles. The maximum Gasteiger partial charge on any atom is 0.433 e. The summed E-state index contributed by atoms with van der Waals surface area (Å²) in [6.07, 6.45) is -7.77. The molecule has 2 N–H and O–H groups in total. The van der Waals surface area contributed by atoms with Gasteiger partial charge >= 0.3 is 12.4 Å². The van der Waals surface area contributed by atoms with E-state index in [0.29, 0.717) is 28.0 Å². The molecule has 45 heavy (non-hydrogen) atoms. The summed E-state index contributed by atoms with van der Waals surface area (Å²) in [4.78, 5) is 40.1. The zero-order valence-electron chi connectivity index (χ0n) is 23.2. The number of benzene rings is 2. The van der Waals surface area contributed by atoms with Crippen LogP contribution < -0.4 is 15.5 Å². The van der Waals surface area contributed by atoms with Gasteiger partial charge in [-0.25, -0.2) is 9.97 Å². The average Bonchev–Trinajstić information content (AvgIpc) is 3.78. The Bertz CT molecular complexity index is 1800. The zero-order chi connectivity index (χ0) is 32.1. The first kappa shape index (κ1) is 30.6. The Hall–Kier alpha value is -4.46. The topological polar surface area (TPSA) is 100 Å². The largest absolute Gasteiger partial charge is 0.433 e. The van der Waals surface area contributed by atoms with Crippen molar-refractivity contribution in [2.45, 2.75) is 38.2 Å². The van der Waals surface area contributed by atoms with Crippen LogP contribution in [0.1, 0.15) is 40.9 Å². The van der Waals surface area contributed by atoms with Crippen molar-refractivity contribution in [2.24, 2.45) is 5.41 Å². The highest BCUT2D eigenvalue weighted by Gasteiger charge is 2.68. The molecule has 1 saturated carbocycles. The summed E-state index contributed by atoms with van der Waals surface area (Å²) >= 11 is 6.26. The number of nitrogens with zero attached hydrogens (tertiary/aromatic N) is 4. The van der Waals surface area contributed by atoms with Crippen molar-refractivity contribution >= 4 is 45.8 Å². The standard InChI is InChI=1S/C30H23ClF6N6O2/c31-21-6-2-16(14-39-27(45)28(8-9-28)30(35,36)37)12-20(21)26(44)40-18-4-5-19-22(13-18)41-24(42-25(19)43-10-1-11-43)17-3-7-23(38-15-17)29(32,33)34/h2-7,12-13,15H,1,8-11,14H2,(H,39,45)(H,40,44). The molecule has 8 nitrogen and oxygen atoms in total. The quantitative estimate of drug-likeness (QED) is 0.214. The van der Waals surface area contributed by atoms with E-state index in [1.165, 1.54) is 24.3 Å². The van der Waals surface area contributed by atoms with Crippen molar-refractivity contribution in [3.63, 3.8) is 0 Å². The van der Waals surface area contributed by atoms with Crippen molar-refractivity contribution in [1.82, 2.24) is 20.3 Å². The predicted octanol–water partition coefficient (Wildman–Crippen LogP) is 6.79. The van der Waals surface area contributed by atoms with Crippen molar-refractivity contribution in [2.75, 3.05) is 23.3 Å². The van der Waals surface area contributed by atoms with Gasteiger partial charge in [0.25, 0.3) is 5.91 Å². The molecule has 3 heterocycles. The minimum Gasteiger partial charge on any atom is -0.356 e. The first-order valence-corrected chi connectivity index (χ1v) is 14.2. The fourth-order valence-electron chi connectivity index (χ4n) is 4.95. The zero-order valence-corrected chi connectivity index (χ0v) is 23.9. The molecular formula is C30H23ClF6N6O2. The second-order valence-corrected chi connectivity index (χ2v) is 11.3. The van der Waals surface area contributed by atoms with Gasteiger partial charge in [-0.05, 0) is 67.3 Å². The average molecular weight is 649 g/mol. The number of rotatable bonds is 7. The molecule has 234 valence electrons.